The smallest absolute Gasteiger partial charge is 0.249 e. The second kappa shape index (κ2) is 8.87. The molecule has 1 atom stereocenters. The predicted molar refractivity (Wildman–Crippen MR) is 85.1 cm³/mol. The minimum atomic E-state index is -3.54. The third-order valence-corrected chi connectivity index (χ3v) is 4.56. The number of carbonyl (C=O) groups excluding carboxylic acids is 1. The van der Waals surface area contributed by atoms with Gasteiger partial charge in [-0.05, 0) is 32.4 Å². The van der Waals surface area contributed by atoms with Crippen molar-refractivity contribution in [2.45, 2.75) is 38.2 Å². The van der Waals surface area contributed by atoms with Crippen LogP contribution in [-0.4, -0.2) is 40.1 Å². The fourth-order valence-corrected chi connectivity index (χ4v) is 2.90. The average Bonchev–Trinajstić information content (AvgIpc) is 2.49. The third kappa shape index (κ3) is 5.75. The Bertz CT molecular complexity index is 570. The highest BCUT2D eigenvalue weighted by atomic mass is 32.2. The molecule has 0 spiro atoms. The fraction of sp³-hybridized carbons (Fsp3) is 0.533. The molecule has 124 valence electrons. The molecule has 1 amide bonds. The maximum Gasteiger partial charge on any atom is 0.249 e. The summed E-state index contributed by atoms with van der Waals surface area (Å²) in [5.74, 6) is -0.223. The van der Waals surface area contributed by atoms with Crippen LogP contribution in [0.2, 0.25) is 0 Å². The second-order valence-electron chi connectivity index (χ2n) is 4.85. The van der Waals surface area contributed by atoms with Gasteiger partial charge in [0.05, 0.1) is 4.90 Å². The number of hydrogen-bond acceptors (Lipinski definition) is 4. The highest BCUT2D eigenvalue weighted by Crippen LogP contribution is 2.09. The van der Waals surface area contributed by atoms with E-state index in [0.717, 1.165) is 5.56 Å². The zero-order valence-corrected chi connectivity index (χ0v) is 14.1. The monoisotopic (exact) mass is 328 g/mol. The zero-order valence-electron chi connectivity index (χ0n) is 13.3. The topological polar surface area (TPSA) is 84.5 Å². The number of carbonyl (C=O) groups is 1. The zero-order chi connectivity index (χ0) is 16.6. The fourth-order valence-electron chi connectivity index (χ4n) is 1.87. The number of benzene rings is 1. The molecule has 22 heavy (non-hydrogen) atoms. The van der Waals surface area contributed by atoms with E-state index in [1.54, 1.807) is 24.3 Å². The minimum absolute atomic E-state index is 0.129. The van der Waals surface area contributed by atoms with Gasteiger partial charge in [0.25, 0.3) is 0 Å². The quantitative estimate of drug-likeness (QED) is 0.667. The van der Waals surface area contributed by atoms with Crippen LogP contribution in [0.1, 0.15) is 25.8 Å². The van der Waals surface area contributed by atoms with Gasteiger partial charge < -0.3 is 10.1 Å². The molecule has 0 bridgehead atoms. The maximum absolute atomic E-state index is 12.0. The van der Waals surface area contributed by atoms with E-state index in [1.807, 2.05) is 20.8 Å². The van der Waals surface area contributed by atoms with Crippen molar-refractivity contribution < 1.29 is 17.9 Å². The van der Waals surface area contributed by atoms with Crippen LogP contribution in [0.3, 0.4) is 0 Å². The lowest BCUT2D eigenvalue weighted by atomic mass is 10.2. The Hall–Kier alpha value is -1.44. The lowest BCUT2D eigenvalue weighted by Gasteiger charge is -2.15. The van der Waals surface area contributed by atoms with Crippen LogP contribution >= 0.6 is 0 Å². The second-order valence-corrected chi connectivity index (χ2v) is 6.62. The van der Waals surface area contributed by atoms with Gasteiger partial charge in [0.1, 0.15) is 6.10 Å². The molecule has 0 fully saturated rings. The SMILES string of the molecule is CCO[C@H](CC)C(=O)NCCNS(=O)(=O)c1ccc(C)cc1. The van der Waals surface area contributed by atoms with Crippen molar-refractivity contribution in [3.63, 3.8) is 0 Å². The highest BCUT2D eigenvalue weighted by Gasteiger charge is 2.16. The van der Waals surface area contributed by atoms with E-state index in [9.17, 15) is 13.2 Å². The molecule has 0 aliphatic heterocycles. The molecular formula is C15H24N2O4S. The van der Waals surface area contributed by atoms with Gasteiger partial charge in [-0.15, -0.1) is 0 Å². The molecule has 0 heterocycles. The van der Waals surface area contributed by atoms with Gasteiger partial charge in [0, 0.05) is 19.7 Å². The molecule has 0 saturated heterocycles. The summed E-state index contributed by atoms with van der Waals surface area (Å²) < 4.78 is 31.8. The first kappa shape index (κ1) is 18.6. The van der Waals surface area contributed by atoms with E-state index in [0.29, 0.717) is 13.0 Å². The van der Waals surface area contributed by atoms with E-state index in [4.69, 9.17) is 4.74 Å². The summed E-state index contributed by atoms with van der Waals surface area (Å²) in [5, 5.41) is 2.66. The lowest BCUT2D eigenvalue weighted by molar-refractivity contribution is -0.132. The standard InChI is InChI=1S/C15H24N2O4S/c1-4-14(21-5-2)15(18)16-10-11-17-22(19,20)13-8-6-12(3)7-9-13/h6-9,14,17H,4-5,10-11H2,1-3H3,(H,16,18)/t14-/m1/s1. The van der Waals surface area contributed by atoms with E-state index in [2.05, 4.69) is 10.0 Å². The first-order valence-corrected chi connectivity index (χ1v) is 8.84. The molecule has 1 aromatic carbocycles. The van der Waals surface area contributed by atoms with Gasteiger partial charge >= 0.3 is 0 Å². The van der Waals surface area contributed by atoms with E-state index >= 15 is 0 Å². The molecule has 6 nitrogen and oxygen atoms in total. The Morgan fingerprint density at radius 1 is 1.18 bits per heavy atom. The molecule has 1 rings (SSSR count). The van der Waals surface area contributed by atoms with Crippen molar-refractivity contribution in [1.29, 1.82) is 0 Å². The number of amides is 1. The normalized spacial score (nSPS) is 12.9. The van der Waals surface area contributed by atoms with Crippen molar-refractivity contribution in [3.8, 4) is 0 Å². The molecule has 0 unspecified atom stereocenters. The number of rotatable bonds is 9. The van der Waals surface area contributed by atoms with E-state index in [1.165, 1.54) is 0 Å². The summed E-state index contributed by atoms with van der Waals surface area (Å²) in [6, 6.07) is 6.59. The Morgan fingerprint density at radius 2 is 1.82 bits per heavy atom. The van der Waals surface area contributed by atoms with Crippen LogP contribution < -0.4 is 10.0 Å². The van der Waals surface area contributed by atoms with E-state index < -0.39 is 16.1 Å². The van der Waals surface area contributed by atoms with Crippen molar-refractivity contribution in [3.05, 3.63) is 29.8 Å². The Kier molecular flexibility index (Phi) is 7.50. The number of hydrogen-bond donors (Lipinski definition) is 2. The van der Waals surface area contributed by atoms with Crippen LogP contribution in [0, 0.1) is 6.92 Å². The van der Waals surface area contributed by atoms with Gasteiger partial charge in [-0.25, -0.2) is 13.1 Å². The number of nitrogens with one attached hydrogen (secondary N) is 2. The van der Waals surface area contributed by atoms with Gasteiger partial charge in [0.2, 0.25) is 15.9 Å². The molecule has 0 saturated carbocycles. The summed E-state index contributed by atoms with van der Waals surface area (Å²) in [4.78, 5) is 12.0. The maximum atomic E-state index is 12.0. The van der Waals surface area contributed by atoms with Crippen LogP contribution in [0.15, 0.2) is 29.2 Å². The lowest BCUT2D eigenvalue weighted by Crippen LogP contribution is -2.40. The van der Waals surface area contributed by atoms with Crippen LogP contribution in [0.4, 0.5) is 0 Å². The summed E-state index contributed by atoms with van der Waals surface area (Å²) in [7, 11) is -3.54. The number of ether oxygens (including phenoxy) is 1. The van der Waals surface area contributed by atoms with Gasteiger partial charge in [0.15, 0.2) is 0 Å². The molecule has 0 aromatic heterocycles. The predicted octanol–water partition coefficient (Wildman–Crippen LogP) is 1.20. The molecule has 2 N–H and O–H groups in total. The summed E-state index contributed by atoms with van der Waals surface area (Å²) in [6.45, 7) is 6.39. The third-order valence-electron chi connectivity index (χ3n) is 3.08. The van der Waals surface area contributed by atoms with E-state index in [-0.39, 0.29) is 23.9 Å². The molecule has 0 aliphatic carbocycles. The summed E-state index contributed by atoms with van der Waals surface area (Å²) in [6.07, 6.45) is 0.0908. The van der Waals surface area contributed by atoms with Crippen LogP contribution in [0.25, 0.3) is 0 Å². The Morgan fingerprint density at radius 3 is 2.36 bits per heavy atom. The van der Waals surface area contributed by atoms with Gasteiger partial charge in [-0.1, -0.05) is 24.6 Å². The first-order valence-electron chi connectivity index (χ1n) is 7.36. The molecule has 1 aromatic rings. The van der Waals surface area contributed by atoms with Crippen molar-refractivity contribution in [1.82, 2.24) is 10.0 Å². The largest absolute Gasteiger partial charge is 0.369 e. The number of aryl methyl sites for hydroxylation is 1. The first-order chi connectivity index (χ1) is 10.4. The average molecular weight is 328 g/mol. The summed E-state index contributed by atoms with van der Waals surface area (Å²) >= 11 is 0. The minimum Gasteiger partial charge on any atom is -0.369 e. The number of sulfonamides is 1. The van der Waals surface area contributed by atoms with Gasteiger partial charge in [-0.3, -0.25) is 4.79 Å². The molecule has 0 radical (unpaired) electrons. The Labute approximate surface area is 132 Å². The highest BCUT2D eigenvalue weighted by molar-refractivity contribution is 7.89. The summed E-state index contributed by atoms with van der Waals surface area (Å²) in [5.41, 5.74) is 0.993. The molecule has 7 heteroatoms. The Balaban J connectivity index is 2.43. The van der Waals surface area contributed by atoms with Crippen LogP contribution in [-0.2, 0) is 19.6 Å². The van der Waals surface area contributed by atoms with Crippen molar-refractivity contribution >= 4 is 15.9 Å². The van der Waals surface area contributed by atoms with Gasteiger partial charge in [-0.2, -0.15) is 0 Å². The molecule has 0 aliphatic rings. The van der Waals surface area contributed by atoms with Crippen molar-refractivity contribution in [2.24, 2.45) is 0 Å². The van der Waals surface area contributed by atoms with Crippen molar-refractivity contribution in [2.75, 3.05) is 19.7 Å². The molecular weight excluding hydrogens is 304 g/mol. The van der Waals surface area contributed by atoms with Crippen LogP contribution in [0.5, 0.6) is 0 Å².